The van der Waals surface area contributed by atoms with Crippen LogP contribution in [0, 0.1) is 0 Å². The summed E-state index contributed by atoms with van der Waals surface area (Å²) < 4.78 is 86.1. The molecule has 0 spiro atoms. The largest absolute Gasteiger partial charge is 0.450 e. The topological polar surface area (TPSA) is 153 Å². The number of fused-ring (bicyclic) bond motifs is 2. The Kier molecular flexibility index (Phi) is 13.1. The van der Waals surface area contributed by atoms with Crippen molar-refractivity contribution in [3.8, 4) is 0 Å². The smallest absolute Gasteiger partial charge is 0.416 e. The summed E-state index contributed by atoms with van der Waals surface area (Å²) >= 11 is 0. The lowest BCUT2D eigenvalue weighted by molar-refractivity contribution is -0.138. The van der Waals surface area contributed by atoms with Crippen LogP contribution in [0.2, 0.25) is 0 Å². The summed E-state index contributed by atoms with van der Waals surface area (Å²) in [6, 6.07) is 17.1. The first-order valence-electron chi connectivity index (χ1n) is 18.2. The fourth-order valence-corrected chi connectivity index (χ4v) is 6.78. The van der Waals surface area contributed by atoms with Crippen molar-refractivity contribution in [3.63, 3.8) is 0 Å². The lowest BCUT2D eigenvalue weighted by Crippen LogP contribution is -2.20. The number of carbonyl (C=O) groups is 2. The number of carbonyl (C=O) groups excluding carboxylic acids is 2. The van der Waals surface area contributed by atoms with E-state index in [1.54, 1.807) is 26.0 Å². The van der Waals surface area contributed by atoms with Crippen molar-refractivity contribution >= 4 is 46.3 Å². The molecule has 2 atom stereocenters. The quantitative estimate of drug-likeness (QED) is 0.0762. The normalized spacial score (nSPS) is 16.2. The molecule has 0 bridgehead atoms. The summed E-state index contributed by atoms with van der Waals surface area (Å²) in [4.78, 5) is 23.3. The minimum Gasteiger partial charge on any atom is -0.450 e. The van der Waals surface area contributed by atoms with Crippen LogP contribution in [-0.2, 0) is 34.7 Å². The molecule has 0 aliphatic heterocycles. The third kappa shape index (κ3) is 10.5. The number of hydrogen-bond donors (Lipinski definition) is 6. The molecule has 0 radical (unpaired) electrons. The molecule has 10 nitrogen and oxygen atoms in total. The van der Waals surface area contributed by atoms with Crippen molar-refractivity contribution in [1.29, 1.82) is 0 Å². The number of alkyl halides is 6. The van der Waals surface area contributed by atoms with Crippen molar-refractivity contribution in [1.82, 2.24) is 0 Å². The summed E-state index contributed by atoms with van der Waals surface area (Å²) in [5, 5.41) is 11.8. The maximum absolute atomic E-state index is 12.7. The van der Waals surface area contributed by atoms with Gasteiger partial charge in [-0.05, 0) is 141 Å². The minimum absolute atomic E-state index is 0.0700. The second-order valence-corrected chi connectivity index (χ2v) is 13.3. The summed E-state index contributed by atoms with van der Waals surface area (Å²) in [5.74, 6) is 0. The van der Waals surface area contributed by atoms with Crippen LogP contribution in [0.3, 0.4) is 0 Å². The fraction of sp³-hybridized carbons (Fsp3) is 0.350. The first-order chi connectivity index (χ1) is 26.6. The Morgan fingerprint density at radius 3 is 1.64 bits per heavy atom. The number of ether oxygens (including phenoxy) is 2. The van der Waals surface area contributed by atoms with Gasteiger partial charge in [-0.25, -0.2) is 9.59 Å². The number of nitrogen functional groups attached to an aromatic ring is 2. The van der Waals surface area contributed by atoms with Gasteiger partial charge in [0.1, 0.15) is 0 Å². The average molecular weight is 787 g/mol. The highest BCUT2D eigenvalue weighted by Crippen LogP contribution is 2.40. The monoisotopic (exact) mass is 786 g/mol. The molecule has 0 heterocycles. The average Bonchev–Trinajstić information content (AvgIpc) is 3.14. The van der Waals surface area contributed by atoms with E-state index in [1.807, 2.05) is 12.1 Å². The van der Waals surface area contributed by atoms with Crippen LogP contribution in [0.1, 0.15) is 85.0 Å². The van der Waals surface area contributed by atoms with E-state index < -0.39 is 35.7 Å². The van der Waals surface area contributed by atoms with Crippen LogP contribution < -0.4 is 32.7 Å². The van der Waals surface area contributed by atoms with Crippen LogP contribution in [0.25, 0.3) is 0 Å². The molecular weight excluding hydrogens is 742 g/mol. The lowest BCUT2D eigenvalue weighted by Gasteiger charge is -2.29. The minimum atomic E-state index is -4.35. The highest BCUT2D eigenvalue weighted by atomic mass is 19.4. The first kappa shape index (κ1) is 41.4. The van der Waals surface area contributed by atoms with Gasteiger partial charge in [0.25, 0.3) is 0 Å². The van der Waals surface area contributed by atoms with E-state index in [9.17, 15) is 35.9 Å². The first-order valence-corrected chi connectivity index (χ1v) is 18.2. The van der Waals surface area contributed by atoms with Crippen molar-refractivity contribution in [2.24, 2.45) is 0 Å². The van der Waals surface area contributed by atoms with E-state index >= 15 is 0 Å². The molecule has 300 valence electrons. The van der Waals surface area contributed by atoms with E-state index in [1.165, 1.54) is 24.3 Å². The van der Waals surface area contributed by atoms with Gasteiger partial charge in [-0.2, -0.15) is 26.3 Å². The molecule has 2 amide bonds. The predicted molar refractivity (Wildman–Crippen MR) is 204 cm³/mol. The van der Waals surface area contributed by atoms with Gasteiger partial charge in [-0.1, -0.05) is 6.07 Å². The van der Waals surface area contributed by atoms with Crippen molar-refractivity contribution in [2.45, 2.75) is 76.8 Å². The summed E-state index contributed by atoms with van der Waals surface area (Å²) in [7, 11) is 0. The van der Waals surface area contributed by atoms with Gasteiger partial charge in [-0.3, -0.25) is 10.6 Å². The fourth-order valence-electron chi connectivity index (χ4n) is 6.78. The van der Waals surface area contributed by atoms with Crippen molar-refractivity contribution < 1.29 is 45.4 Å². The molecule has 0 fully saturated rings. The van der Waals surface area contributed by atoms with Gasteiger partial charge < -0.3 is 31.6 Å². The van der Waals surface area contributed by atoms with Crippen LogP contribution in [0.15, 0.2) is 72.8 Å². The lowest BCUT2D eigenvalue weighted by atomic mass is 9.86. The molecule has 6 rings (SSSR count). The molecular formula is C40H44F6N6O4. The number of aryl methyl sites for hydroxylation is 1. The van der Waals surface area contributed by atoms with Crippen LogP contribution in [-0.4, -0.2) is 25.4 Å². The number of rotatable bonds is 8. The zero-order valence-electron chi connectivity index (χ0n) is 30.8. The standard InChI is InChI=1S/2C20H22F3N3O2/c1-2-28-19(27)26-18-10-12-4-3-5-17(15(12)11-16(18)24)25-14-8-6-13(7-9-14)20(21,22)23;1-2-28-19(27)26-17-11-10-14-15(18(17)24)4-3-5-16(14)25-13-8-6-12(7-9-13)20(21,22)23/h6-11,17,25H,2-5,24H2,1H3,(H,26,27);6-11,16,25H,2-5,24H2,1H3,(H,26,27). The number of nitrogens with one attached hydrogen (secondary N) is 4. The zero-order chi connectivity index (χ0) is 40.6. The number of anilines is 6. The molecule has 4 aromatic carbocycles. The Balaban J connectivity index is 0.000000214. The molecule has 56 heavy (non-hydrogen) atoms. The van der Waals surface area contributed by atoms with Gasteiger partial charge in [-0.15, -0.1) is 0 Å². The van der Waals surface area contributed by atoms with Crippen LogP contribution in [0.5, 0.6) is 0 Å². The van der Waals surface area contributed by atoms with Crippen molar-refractivity contribution in [2.75, 3.05) is 45.9 Å². The second kappa shape index (κ2) is 17.8. The van der Waals surface area contributed by atoms with Gasteiger partial charge in [0.2, 0.25) is 0 Å². The van der Waals surface area contributed by atoms with E-state index in [0.717, 1.165) is 85.0 Å². The van der Waals surface area contributed by atoms with Gasteiger partial charge in [0.05, 0.1) is 59.2 Å². The van der Waals surface area contributed by atoms with Gasteiger partial charge in [0, 0.05) is 11.4 Å². The van der Waals surface area contributed by atoms with Gasteiger partial charge >= 0.3 is 24.5 Å². The Bertz CT molecular complexity index is 1910. The van der Waals surface area contributed by atoms with Gasteiger partial charge in [0.15, 0.2) is 0 Å². The van der Waals surface area contributed by atoms with E-state index in [0.29, 0.717) is 34.1 Å². The maximum atomic E-state index is 12.7. The third-order valence-electron chi connectivity index (χ3n) is 9.44. The summed E-state index contributed by atoms with van der Waals surface area (Å²) in [6.45, 7) is 3.95. The number of benzene rings is 4. The Hall–Kier alpha value is -5.80. The molecule has 0 saturated carbocycles. The molecule has 2 aliphatic carbocycles. The highest BCUT2D eigenvalue weighted by molar-refractivity contribution is 5.90. The molecule has 8 N–H and O–H groups in total. The second-order valence-electron chi connectivity index (χ2n) is 13.3. The zero-order valence-corrected chi connectivity index (χ0v) is 30.8. The molecule has 0 saturated heterocycles. The summed E-state index contributed by atoms with van der Waals surface area (Å²) in [6.07, 6.45) is -4.79. The Labute approximate surface area is 320 Å². The highest BCUT2D eigenvalue weighted by Gasteiger charge is 2.31. The maximum Gasteiger partial charge on any atom is 0.416 e. The van der Waals surface area contributed by atoms with E-state index in [2.05, 4.69) is 21.3 Å². The number of nitrogens with two attached hydrogens (primary N) is 2. The van der Waals surface area contributed by atoms with Crippen molar-refractivity contribution in [3.05, 3.63) is 106 Å². The van der Waals surface area contributed by atoms with Crippen LogP contribution in [0.4, 0.5) is 70.1 Å². The van der Waals surface area contributed by atoms with E-state index in [4.69, 9.17) is 20.9 Å². The molecule has 4 aromatic rings. The van der Waals surface area contributed by atoms with E-state index in [-0.39, 0.29) is 25.3 Å². The molecule has 2 unspecified atom stereocenters. The van der Waals surface area contributed by atoms with Crippen LogP contribution >= 0.6 is 0 Å². The number of halogens is 6. The summed E-state index contributed by atoms with van der Waals surface area (Å²) in [5.41, 5.74) is 18.0. The SMILES string of the molecule is CCOC(=O)Nc1cc2c(cc1N)C(Nc1ccc(C(F)(F)F)cc1)CCC2.CCOC(=O)Nc1ccc2c(c1N)CCCC2Nc1ccc(C(F)(F)F)cc1. The molecule has 2 aliphatic rings. The third-order valence-corrected chi connectivity index (χ3v) is 9.44. The molecule has 16 heteroatoms. The Morgan fingerprint density at radius 2 is 1.14 bits per heavy atom. The predicted octanol–water partition coefficient (Wildman–Crippen LogP) is 10.7. The Morgan fingerprint density at radius 1 is 0.661 bits per heavy atom. The number of hydrogen-bond acceptors (Lipinski definition) is 8. The number of amides is 2. The molecule has 0 aromatic heterocycles.